The van der Waals surface area contributed by atoms with Crippen LogP contribution in [0.1, 0.15) is 21.9 Å². The number of nitrogens with zero attached hydrogens (tertiary/aromatic N) is 4. The molecule has 0 radical (unpaired) electrons. The molecule has 0 saturated carbocycles. The summed E-state index contributed by atoms with van der Waals surface area (Å²) in [5.41, 5.74) is -0.172. The smallest absolute Gasteiger partial charge is 0.164 e. The summed E-state index contributed by atoms with van der Waals surface area (Å²) in [5.74, 6) is 0.160. The fourth-order valence-corrected chi connectivity index (χ4v) is 6.89. The fourth-order valence-electron chi connectivity index (χ4n) is 5.87. The molecule has 10 aromatic rings. The second-order valence-electron chi connectivity index (χ2n) is 10.8. The summed E-state index contributed by atoms with van der Waals surface area (Å²) >= 11 is 0.822. The molecule has 3 aromatic heterocycles. The topological polar surface area (TPSA) is 43.6 Å². The van der Waals surface area contributed by atoms with Gasteiger partial charge in [0.25, 0.3) is 0 Å². The van der Waals surface area contributed by atoms with E-state index in [4.69, 9.17) is 30.0 Å². The number of para-hydroxylation sites is 1. The Hall–Kier alpha value is -6.17. The molecule has 5 heteroatoms. The van der Waals surface area contributed by atoms with Crippen LogP contribution in [-0.2, 0) is 0 Å². The molecule has 0 aliphatic heterocycles. The van der Waals surface area contributed by atoms with E-state index in [9.17, 15) is 6.85 Å². The van der Waals surface area contributed by atoms with Crippen LogP contribution in [0.5, 0.6) is 0 Å². The Kier molecular flexibility index (Phi) is 3.48. The lowest BCUT2D eigenvalue weighted by atomic mass is 10.0. The monoisotopic (exact) mass is 646 g/mol. The van der Waals surface area contributed by atoms with Crippen LogP contribution in [0.4, 0.5) is 0 Å². The molecule has 0 saturated heterocycles. The van der Waals surface area contributed by atoms with E-state index in [1.54, 1.807) is 60.7 Å². The largest absolute Gasteiger partial charge is 0.309 e. The molecule has 7 aromatic carbocycles. The molecule has 0 unspecified atom stereocenters. The first-order valence-electron chi connectivity index (χ1n) is 22.7. The summed E-state index contributed by atoms with van der Waals surface area (Å²) < 4.78 is 146. The van der Waals surface area contributed by atoms with Crippen molar-refractivity contribution in [2.75, 3.05) is 0 Å². The second-order valence-corrected chi connectivity index (χ2v) is 11.8. The highest BCUT2D eigenvalue weighted by molar-refractivity contribution is 7.26. The van der Waals surface area contributed by atoms with Gasteiger partial charge in [-0.05, 0) is 47.0 Å². The van der Waals surface area contributed by atoms with Gasteiger partial charge in [0.2, 0.25) is 0 Å². The molecular formula is C43H26N4S. The van der Waals surface area contributed by atoms with E-state index in [0.717, 1.165) is 15.9 Å². The maximum Gasteiger partial charge on any atom is 0.164 e. The molecule has 0 N–H and O–H groups in total. The maximum absolute atomic E-state index is 10.2. The number of fused-ring (bicyclic) bond motifs is 7. The van der Waals surface area contributed by atoms with Crippen molar-refractivity contribution in [2.24, 2.45) is 0 Å². The van der Waals surface area contributed by atoms with Gasteiger partial charge < -0.3 is 4.57 Å². The summed E-state index contributed by atoms with van der Waals surface area (Å²) in [4.78, 5) is 14.5. The Morgan fingerprint density at radius 2 is 1.10 bits per heavy atom. The molecule has 3 heterocycles. The number of rotatable bonds is 4. The normalized spacial score (nSPS) is 16.4. The molecule has 10 rings (SSSR count). The van der Waals surface area contributed by atoms with E-state index in [1.165, 1.54) is 0 Å². The van der Waals surface area contributed by atoms with E-state index in [0.29, 0.717) is 11.1 Å². The van der Waals surface area contributed by atoms with Crippen LogP contribution in [-0.4, -0.2) is 19.5 Å². The van der Waals surface area contributed by atoms with Crippen LogP contribution in [0.25, 0.3) is 92.6 Å². The van der Waals surface area contributed by atoms with Gasteiger partial charge in [0.15, 0.2) is 17.5 Å². The summed E-state index contributed by atoms with van der Waals surface area (Å²) in [5, 5.41) is -1.38. The van der Waals surface area contributed by atoms with Gasteiger partial charge in [-0.25, -0.2) is 15.0 Å². The summed E-state index contributed by atoms with van der Waals surface area (Å²) in [6, 6.07) is 8.05. The second kappa shape index (κ2) is 10.7. The highest BCUT2D eigenvalue weighted by Gasteiger charge is 2.21. The molecule has 0 spiro atoms. The Bertz CT molecular complexity index is 3690. The summed E-state index contributed by atoms with van der Waals surface area (Å²) in [7, 11) is 0. The third-order valence-electron chi connectivity index (χ3n) is 7.99. The Morgan fingerprint density at radius 3 is 1.83 bits per heavy atom. The van der Waals surface area contributed by atoms with Crippen LogP contribution in [0, 0.1) is 0 Å². The third kappa shape index (κ3) is 4.25. The molecule has 0 bridgehead atoms. The lowest BCUT2D eigenvalue weighted by Gasteiger charge is -2.13. The van der Waals surface area contributed by atoms with Crippen LogP contribution in [0.2, 0.25) is 0 Å². The molecule has 0 aliphatic rings. The minimum atomic E-state index is -0.726. The van der Waals surface area contributed by atoms with E-state index in [1.807, 2.05) is 0 Å². The predicted molar refractivity (Wildman–Crippen MR) is 201 cm³/mol. The van der Waals surface area contributed by atoms with E-state index in [-0.39, 0.29) is 70.4 Å². The number of aromatic nitrogens is 4. The lowest BCUT2D eigenvalue weighted by molar-refractivity contribution is 1.07. The van der Waals surface area contributed by atoms with Gasteiger partial charge in [0, 0.05) is 53.3 Å². The highest BCUT2D eigenvalue weighted by Crippen LogP contribution is 2.43. The van der Waals surface area contributed by atoms with Crippen molar-refractivity contribution in [3.8, 4) is 39.9 Å². The first-order chi connectivity index (χ1) is 30.5. The van der Waals surface area contributed by atoms with Crippen molar-refractivity contribution in [1.29, 1.82) is 0 Å². The average molecular weight is 647 g/mol. The average Bonchev–Trinajstić information content (AvgIpc) is 3.87. The van der Waals surface area contributed by atoms with Crippen molar-refractivity contribution < 1.29 is 21.9 Å². The number of benzene rings is 7. The zero-order valence-electron chi connectivity index (χ0n) is 40.5. The van der Waals surface area contributed by atoms with Gasteiger partial charge >= 0.3 is 0 Å². The van der Waals surface area contributed by atoms with Crippen molar-refractivity contribution >= 4 is 64.1 Å². The Balaban J connectivity index is 1.50. The number of thiophene rings is 1. The maximum atomic E-state index is 10.2. The van der Waals surface area contributed by atoms with Gasteiger partial charge in [-0.1, -0.05) is 121 Å². The van der Waals surface area contributed by atoms with Gasteiger partial charge in [0.05, 0.1) is 33.0 Å². The first kappa shape index (κ1) is 15.6. The van der Waals surface area contributed by atoms with Crippen LogP contribution in [0.15, 0.2) is 157 Å². The van der Waals surface area contributed by atoms with E-state index < -0.39 is 108 Å². The Labute approximate surface area is 302 Å². The third-order valence-corrected chi connectivity index (χ3v) is 9.01. The minimum Gasteiger partial charge on any atom is -0.309 e. The molecule has 0 aliphatic carbocycles. The van der Waals surface area contributed by atoms with E-state index in [2.05, 4.69) is 0 Å². The Morgan fingerprint density at radius 1 is 0.500 bits per heavy atom. The van der Waals surface area contributed by atoms with Gasteiger partial charge in [-0.2, -0.15) is 0 Å². The molecule has 48 heavy (non-hydrogen) atoms. The minimum absolute atomic E-state index is 0.00195. The summed E-state index contributed by atoms with van der Waals surface area (Å²) in [6.45, 7) is 0. The zero-order valence-corrected chi connectivity index (χ0v) is 25.3. The first-order valence-corrected chi connectivity index (χ1v) is 15.6. The quantitative estimate of drug-likeness (QED) is 0.191. The molecular weight excluding hydrogens is 605 g/mol. The fraction of sp³-hybridized carbons (Fsp3) is 0. The molecule has 4 nitrogen and oxygen atoms in total. The lowest BCUT2D eigenvalue weighted by Crippen LogP contribution is -2.01. The molecule has 0 fully saturated rings. The SMILES string of the molecule is [2H]c1c([2H])c([2H])c2c(sc3c([2H])c(-n4c5c([2H])c([2H])c([2H])c([2H])c5c5c([2H])c6c([2H])c([2H])c([2H])c([2H])c6c([2H])c54)c([2H])c(-c4nc(-c5ccccc5)nc(-c5ccccc5)n4)c32)c1[2H]. The standard InChI is InChI=1S/C43H26N4S/c1-3-13-27(14-4-1)41-44-42(28-15-5-2-6-16-28)46-43(45-41)35-25-31(26-39-40(35)33-20-10-12-22-38(33)48-39)47-36-21-11-9-19-32(36)34-23-29-17-7-8-18-30(29)24-37(34)47/h1-26H/i7D,8D,9D,10D,11D,12D,17D,18D,19D,20D,21D,22D,23D,24D,25D,26D. The van der Waals surface area contributed by atoms with Crippen molar-refractivity contribution in [1.82, 2.24) is 19.5 Å². The van der Waals surface area contributed by atoms with Gasteiger partial charge in [0.1, 0.15) is 0 Å². The molecule has 0 atom stereocenters. The molecule has 224 valence electrons. The van der Waals surface area contributed by atoms with E-state index >= 15 is 0 Å². The zero-order chi connectivity index (χ0) is 45.5. The van der Waals surface area contributed by atoms with Crippen molar-refractivity contribution in [2.45, 2.75) is 0 Å². The van der Waals surface area contributed by atoms with Crippen LogP contribution in [0.3, 0.4) is 0 Å². The predicted octanol–water partition coefficient (Wildman–Crippen LogP) is 11.5. The van der Waals surface area contributed by atoms with Crippen LogP contribution >= 0.6 is 11.3 Å². The molecule has 0 amide bonds. The number of hydrogen-bond acceptors (Lipinski definition) is 4. The van der Waals surface area contributed by atoms with Gasteiger partial charge in [-0.3, -0.25) is 0 Å². The van der Waals surface area contributed by atoms with Crippen molar-refractivity contribution in [3.63, 3.8) is 0 Å². The van der Waals surface area contributed by atoms with Crippen LogP contribution < -0.4 is 0 Å². The van der Waals surface area contributed by atoms with Crippen molar-refractivity contribution in [3.05, 3.63) is 157 Å². The number of hydrogen-bond donors (Lipinski definition) is 0. The highest BCUT2D eigenvalue weighted by atomic mass is 32.1. The van der Waals surface area contributed by atoms with Gasteiger partial charge in [-0.15, -0.1) is 11.3 Å². The summed E-state index contributed by atoms with van der Waals surface area (Å²) in [6.07, 6.45) is 0.